The lowest BCUT2D eigenvalue weighted by molar-refractivity contribution is -0.134. The summed E-state index contributed by atoms with van der Waals surface area (Å²) in [5.74, 6) is 0.289. The van der Waals surface area contributed by atoms with Gasteiger partial charge in [-0.15, -0.1) is 0 Å². The minimum Gasteiger partial charge on any atom is -0.338 e. The summed E-state index contributed by atoms with van der Waals surface area (Å²) in [7, 11) is 4.16. The molecule has 2 atom stereocenters. The number of nitrogens with zero attached hydrogens (tertiary/aromatic N) is 2. The van der Waals surface area contributed by atoms with Crippen LogP contribution in [0.15, 0.2) is 24.3 Å². The summed E-state index contributed by atoms with van der Waals surface area (Å²) in [5.41, 5.74) is 2.49. The van der Waals surface area contributed by atoms with Crippen molar-refractivity contribution in [2.24, 2.45) is 0 Å². The van der Waals surface area contributed by atoms with Crippen LogP contribution in [-0.2, 0) is 11.3 Å². The van der Waals surface area contributed by atoms with Gasteiger partial charge in [0.2, 0.25) is 5.91 Å². The van der Waals surface area contributed by atoms with Crippen molar-refractivity contribution in [2.45, 2.75) is 31.3 Å². The van der Waals surface area contributed by atoms with Crippen LogP contribution in [0, 0.1) is 0 Å². The maximum Gasteiger partial charge on any atom is 0.231 e. The van der Waals surface area contributed by atoms with E-state index in [0.29, 0.717) is 11.9 Å². The molecule has 1 saturated heterocycles. The molecule has 0 spiro atoms. The van der Waals surface area contributed by atoms with E-state index in [1.54, 1.807) is 0 Å². The van der Waals surface area contributed by atoms with Crippen LogP contribution in [0.25, 0.3) is 0 Å². The predicted octanol–water partition coefficient (Wildman–Crippen LogP) is 1.43. The van der Waals surface area contributed by atoms with Crippen molar-refractivity contribution in [3.63, 3.8) is 0 Å². The highest BCUT2D eigenvalue weighted by atomic mass is 16.2. The number of hydrogen-bond acceptors (Lipinski definition) is 3. The first kappa shape index (κ1) is 14.5. The van der Waals surface area contributed by atoms with E-state index in [2.05, 4.69) is 47.4 Å². The van der Waals surface area contributed by atoms with Gasteiger partial charge < -0.3 is 15.1 Å². The van der Waals surface area contributed by atoms with Crippen molar-refractivity contribution in [2.75, 3.05) is 33.7 Å². The van der Waals surface area contributed by atoms with Gasteiger partial charge in [-0.25, -0.2) is 0 Å². The van der Waals surface area contributed by atoms with Crippen LogP contribution in [-0.4, -0.2) is 55.5 Å². The largest absolute Gasteiger partial charge is 0.338 e. The van der Waals surface area contributed by atoms with Crippen LogP contribution in [0.5, 0.6) is 0 Å². The van der Waals surface area contributed by atoms with Crippen molar-refractivity contribution in [1.29, 1.82) is 0 Å². The fraction of sp³-hybridized carbons (Fsp3) is 0.588. The van der Waals surface area contributed by atoms with E-state index in [0.717, 1.165) is 39.0 Å². The molecule has 3 rings (SSSR count). The van der Waals surface area contributed by atoms with Crippen LogP contribution in [0.3, 0.4) is 0 Å². The molecule has 0 aliphatic carbocycles. The number of benzene rings is 1. The average Bonchev–Trinajstić information content (AvgIpc) is 2.93. The molecule has 1 aromatic rings. The lowest BCUT2D eigenvalue weighted by atomic mass is 9.89. The minimum absolute atomic E-state index is 0.0160. The number of rotatable bonds is 3. The predicted molar refractivity (Wildman–Crippen MR) is 84.2 cm³/mol. The average molecular weight is 287 g/mol. The van der Waals surface area contributed by atoms with E-state index in [-0.39, 0.29) is 5.92 Å². The first-order valence-electron chi connectivity index (χ1n) is 7.90. The van der Waals surface area contributed by atoms with Crippen LogP contribution < -0.4 is 5.32 Å². The maximum atomic E-state index is 13.0. The Bertz CT molecular complexity index is 515. The maximum absolute atomic E-state index is 13.0. The lowest BCUT2D eigenvalue weighted by Crippen LogP contribution is -2.46. The monoisotopic (exact) mass is 287 g/mol. The molecule has 2 heterocycles. The Morgan fingerprint density at radius 1 is 1.38 bits per heavy atom. The summed E-state index contributed by atoms with van der Waals surface area (Å²) >= 11 is 0. The second-order valence-corrected chi connectivity index (χ2v) is 6.47. The molecule has 1 fully saturated rings. The summed E-state index contributed by atoms with van der Waals surface area (Å²) in [6.07, 6.45) is 2.26. The topological polar surface area (TPSA) is 35.6 Å². The molecule has 2 unspecified atom stereocenters. The van der Waals surface area contributed by atoms with E-state index in [9.17, 15) is 4.79 Å². The molecule has 0 bridgehead atoms. The lowest BCUT2D eigenvalue weighted by Gasteiger charge is -2.33. The summed E-state index contributed by atoms with van der Waals surface area (Å²) < 4.78 is 0. The number of likely N-dealkylation sites (tertiary alicyclic amines) is 1. The van der Waals surface area contributed by atoms with Gasteiger partial charge in [0, 0.05) is 32.2 Å². The Hall–Kier alpha value is -1.39. The molecule has 2 aliphatic rings. The van der Waals surface area contributed by atoms with Gasteiger partial charge in [0.25, 0.3) is 0 Å². The number of fused-ring (bicyclic) bond motifs is 1. The molecule has 1 amide bonds. The highest BCUT2D eigenvalue weighted by Crippen LogP contribution is 2.29. The van der Waals surface area contributed by atoms with Crippen LogP contribution >= 0.6 is 0 Å². The Labute approximate surface area is 127 Å². The summed E-state index contributed by atoms with van der Waals surface area (Å²) in [6.45, 7) is 3.52. The van der Waals surface area contributed by atoms with Crippen molar-refractivity contribution >= 4 is 5.91 Å². The standard InChI is InChI=1S/C17H25N3O/c1-19(2)12-14-7-5-9-20(14)17(21)16-11-18-10-13-6-3-4-8-15(13)16/h3-4,6,8,14,16,18H,5,7,9-12H2,1-2H3. The van der Waals surface area contributed by atoms with Gasteiger partial charge in [-0.1, -0.05) is 24.3 Å². The van der Waals surface area contributed by atoms with E-state index in [1.165, 1.54) is 11.1 Å². The van der Waals surface area contributed by atoms with Crippen LogP contribution in [0.1, 0.15) is 29.9 Å². The molecule has 2 aliphatic heterocycles. The summed E-state index contributed by atoms with van der Waals surface area (Å²) in [5, 5.41) is 3.39. The molecule has 0 aromatic heterocycles. The molecule has 0 radical (unpaired) electrons. The second kappa shape index (κ2) is 6.16. The van der Waals surface area contributed by atoms with E-state index >= 15 is 0 Å². The summed E-state index contributed by atoms with van der Waals surface area (Å²) in [4.78, 5) is 17.3. The Morgan fingerprint density at radius 2 is 2.19 bits per heavy atom. The molecular formula is C17H25N3O. The summed E-state index contributed by atoms with van der Waals surface area (Å²) in [6, 6.07) is 8.73. The normalized spacial score (nSPS) is 25.2. The number of carbonyl (C=O) groups is 1. The van der Waals surface area contributed by atoms with Crippen molar-refractivity contribution in [3.05, 3.63) is 35.4 Å². The number of hydrogen-bond donors (Lipinski definition) is 1. The highest BCUT2D eigenvalue weighted by Gasteiger charge is 2.35. The smallest absolute Gasteiger partial charge is 0.231 e. The Morgan fingerprint density at radius 3 is 3.00 bits per heavy atom. The molecule has 114 valence electrons. The molecule has 21 heavy (non-hydrogen) atoms. The molecule has 1 aromatic carbocycles. The quantitative estimate of drug-likeness (QED) is 0.913. The first-order valence-corrected chi connectivity index (χ1v) is 7.90. The molecule has 1 N–H and O–H groups in total. The molecular weight excluding hydrogens is 262 g/mol. The third-order valence-electron chi connectivity index (χ3n) is 4.63. The zero-order chi connectivity index (χ0) is 14.8. The third kappa shape index (κ3) is 2.97. The minimum atomic E-state index is -0.0160. The van der Waals surface area contributed by atoms with E-state index in [4.69, 9.17) is 0 Å². The van der Waals surface area contributed by atoms with Gasteiger partial charge in [-0.2, -0.15) is 0 Å². The van der Waals surface area contributed by atoms with Crippen molar-refractivity contribution < 1.29 is 4.79 Å². The molecule has 4 heteroatoms. The highest BCUT2D eigenvalue weighted by molar-refractivity contribution is 5.85. The van der Waals surface area contributed by atoms with Crippen molar-refractivity contribution in [3.8, 4) is 0 Å². The molecule has 4 nitrogen and oxygen atoms in total. The number of amides is 1. The van der Waals surface area contributed by atoms with Gasteiger partial charge in [0.15, 0.2) is 0 Å². The van der Waals surface area contributed by atoms with Gasteiger partial charge in [-0.3, -0.25) is 4.79 Å². The number of likely N-dealkylation sites (N-methyl/N-ethyl adjacent to an activating group) is 1. The SMILES string of the molecule is CN(C)CC1CCCN1C(=O)C1CNCc2ccccc21. The number of nitrogens with one attached hydrogen (secondary N) is 1. The zero-order valence-corrected chi connectivity index (χ0v) is 13.0. The van der Waals surface area contributed by atoms with Crippen molar-refractivity contribution in [1.82, 2.24) is 15.1 Å². The second-order valence-electron chi connectivity index (χ2n) is 6.47. The fourth-order valence-electron chi connectivity index (χ4n) is 3.65. The van der Waals surface area contributed by atoms with Gasteiger partial charge in [0.05, 0.1) is 5.92 Å². The molecule has 0 saturated carbocycles. The van der Waals surface area contributed by atoms with Crippen LogP contribution in [0.2, 0.25) is 0 Å². The Balaban J connectivity index is 1.79. The van der Waals surface area contributed by atoms with Gasteiger partial charge in [0.1, 0.15) is 0 Å². The van der Waals surface area contributed by atoms with E-state index in [1.807, 2.05) is 6.07 Å². The third-order valence-corrected chi connectivity index (χ3v) is 4.63. The first-order chi connectivity index (χ1) is 10.2. The van der Waals surface area contributed by atoms with Gasteiger partial charge >= 0.3 is 0 Å². The number of carbonyl (C=O) groups excluding carboxylic acids is 1. The van der Waals surface area contributed by atoms with Crippen LogP contribution in [0.4, 0.5) is 0 Å². The zero-order valence-electron chi connectivity index (χ0n) is 13.0. The van der Waals surface area contributed by atoms with E-state index < -0.39 is 0 Å². The van der Waals surface area contributed by atoms with Gasteiger partial charge in [-0.05, 0) is 38.1 Å². The Kier molecular flexibility index (Phi) is 4.27. The fourth-order valence-corrected chi connectivity index (χ4v) is 3.65.